The number of aryl methyl sites for hydroxylation is 1. The molecule has 176 valence electrons. The number of carbonyl (C=O) groups is 1. The fourth-order valence-corrected chi connectivity index (χ4v) is 6.46. The molecule has 5 rings (SSSR count). The molecule has 2 aliphatic heterocycles. The number of carbonyl (C=O) groups excluding carboxylic acids is 1. The van der Waals surface area contributed by atoms with Crippen molar-refractivity contribution in [2.24, 2.45) is 0 Å². The Morgan fingerprint density at radius 3 is 2.61 bits per heavy atom. The highest BCUT2D eigenvalue weighted by atomic mass is 16.3. The molecule has 3 aliphatic rings. The Kier molecular flexibility index (Phi) is 5.18. The van der Waals surface area contributed by atoms with Gasteiger partial charge in [-0.25, -0.2) is 0 Å². The molecular formula is C26H33N3O4. The molecule has 0 bridgehead atoms. The van der Waals surface area contributed by atoms with Crippen molar-refractivity contribution in [3.63, 3.8) is 0 Å². The van der Waals surface area contributed by atoms with Crippen molar-refractivity contribution in [1.82, 2.24) is 14.8 Å². The van der Waals surface area contributed by atoms with Gasteiger partial charge >= 0.3 is 0 Å². The number of rotatable bonds is 2. The predicted octanol–water partition coefficient (Wildman–Crippen LogP) is 2.12. The normalized spacial score (nSPS) is 29.6. The lowest BCUT2D eigenvalue weighted by Gasteiger charge is -2.59. The van der Waals surface area contributed by atoms with Gasteiger partial charge in [-0.2, -0.15) is 0 Å². The number of likely N-dealkylation sites (tertiary alicyclic amines) is 2. The molecule has 2 aromatic rings. The van der Waals surface area contributed by atoms with Crippen LogP contribution in [0, 0.1) is 6.92 Å². The number of aromatic amines is 1. The molecule has 3 N–H and O–H groups in total. The first-order valence-corrected chi connectivity index (χ1v) is 11.9. The molecule has 0 unspecified atom stereocenters. The monoisotopic (exact) mass is 451 g/mol. The van der Waals surface area contributed by atoms with Crippen LogP contribution in [0.5, 0.6) is 5.75 Å². The molecule has 1 aliphatic carbocycles. The van der Waals surface area contributed by atoms with E-state index in [2.05, 4.69) is 9.88 Å². The molecule has 0 radical (unpaired) electrons. The Balaban J connectivity index is 1.66. The summed E-state index contributed by atoms with van der Waals surface area (Å²) < 4.78 is 0. The molecule has 7 nitrogen and oxygen atoms in total. The maximum absolute atomic E-state index is 13.0. The van der Waals surface area contributed by atoms with Crippen molar-refractivity contribution in [3.05, 3.63) is 62.6 Å². The van der Waals surface area contributed by atoms with E-state index in [0.29, 0.717) is 32.4 Å². The number of piperidine rings is 1. The maximum atomic E-state index is 13.0. The first kappa shape index (κ1) is 22.2. The van der Waals surface area contributed by atoms with Crippen molar-refractivity contribution >= 4 is 5.91 Å². The highest BCUT2D eigenvalue weighted by Crippen LogP contribution is 2.53. The van der Waals surface area contributed by atoms with Crippen LogP contribution in [-0.4, -0.2) is 69.2 Å². The second-order valence-corrected chi connectivity index (χ2v) is 10.3. The molecule has 1 amide bonds. The summed E-state index contributed by atoms with van der Waals surface area (Å²) in [7, 11) is 2.02. The summed E-state index contributed by atoms with van der Waals surface area (Å²) in [6.45, 7) is 6.20. The number of nitrogens with zero attached hydrogens (tertiary/aromatic N) is 2. The molecule has 1 aromatic heterocycles. The number of hydrogen-bond acceptors (Lipinski definition) is 5. The molecule has 2 fully saturated rings. The minimum Gasteiger partial charge on any atom is -0.508 e. The molecule has 1 aromatic carbocycles. The lowest BCUT2D eigenvalue weighted by atomic mass is 9.53. The van der Waals surface area contributed by atoms with E-state index in [1.165, 1.54) is 0 Å². The Hall–Kier alpha value is -2.64. The van der Waals surface area contributed by atoms with Crippen LogP contribution in [0.3, 0.4) is 0 Å². The number of amides is 1. The first-order chi connectivity index (χ1) is 15.7. The largest absolute Gasteiger partial charge is 0.508 e. The highest BCUT2D eigenvalue weighted by Gasteiger charge is 2.60. The Labute approximate surface area is 194 Å². The minimum absolute atomic E-state index is 0.147. The summed E-state index contributed by atoms with van der Waals surface area (Å²) >= 11 is 0. The van der Waals surface area contributed by atoms with Crippen molar-refractivity contribution in [2.75, 3.05) is 26.7 Å². The molecule has 0 spiro atoms. The number of phenolic OH excluding ortho intramolecular Hbond substituents is 1. The van der Waals surface area contributed by atoms with Gasteiger partial charge in [-0.1, -0.05) is 6.07 Å². The SMILES string of the molecule is Cc1ccc(O)cc1[C@]12CCN(C)[C@H](C)[C@]1(O)Cc1cc(C(=O)N3CCCC3)c(=O)[nH]c1C2. The van der Waals surface area contributed by atoms with E-state index in [-0.39, 0.29) is 28.8 Å². The molecular weight excluding hydrogens is 418 g/mol. The standard InChI is InChI=1S/C26H33N3O4/c1-16-6-7-19(30)13-21(16)25-8-11-28(3)17(2)26(25,33)14-18-12-20(23(31)27-22(18)15-25)24(32)29-9-4-5-10-29/h6-7,12-13,17,30,33H,4-5,8-11,14-15H2,1-3H3,(H,27,31)/t17-,25-,26-/m1/s1. The second kappa shape index (κ2) is 7.71. The number of pyridine rings is 1. The first-order valence-electron chi connectivity index (χ1n) is 11.9. The van der Waals surface area contributed by atoms with Gasteiger partial charge in [0.05, 0.1) is 5.60 Å². The number of hydrogen-bond donors (Lipinski definition) is 3. The van der Waals surface area contributed by atoms with Crippen molar-refractivity contribution < 1.29 is 15.0 Å². The van der Waals surface area contributed by atoms with Crippen LogP contribution in [0.2, 0.25) is 0 Å². The van der Waals surface area contributed by atoms with Crippen LogP contribution in [0.15, 0.2) is 29.1 Å². The van der Waals surface area contributed by atoms with Crippen molar-refractivity contribution in [2.45, 2.75) is 63.0 Å². The quantitative estimate of drug-likeness (QED) is 0.650. The molecule has 7 heteroatoms. The highest BCUT2D eigenvalue weighted by molar-refractivity contribution is 5.94. The number of benzene rings is 1. The van der Waals surface area contributed by atoms with E-state index in [9.17, 15) is 19.8 Å². The van der Waals surface area contributed by atoms with Crippen LogP contribution in [-0.2, 0) is 18.3 Å². The summed E-state index contributed by atoms with van der Waals surface area (Å²) in [6.07, 6.45) is 3.41. The summed E-state index contributed by atoms with van der Waals surface area (Å²) in [4.78, 5) is 32.9. The molecule has 2 saturated heterocycles. The van der Waals surface area contributed by atoms with Crippen LogP contribution >= 0.6 is 0 Å². The number of fused-ring (bicyclic) bond motifs is 2. The smallest absolute Gasteiger partial charge is 0.261 e. The average molecular weight is 452 g/mol. The van der Waals surface area contributed by atoms with Crippen molar-refractivity contribution in [1.29, 1.82) is 0 Å². The van der Waals surface area contributed by atoms with Gasteiger partial charge in [0.15, 0.2) is 0 Å². The van der Waals surface area contributed by atoms with E-state index < -0.39 is 11.0 Å². The Morgan fingerprint density at radius 1 is 1.15 bits per heavy atom. The lowest BCUT2D eigenvalue weighted by molar-refractivity contribution is -0.132. The summed E-state index contributed by atoms with van der Waals surface area (Å²) in [5.41, 5.74) is 1.56. The second-order valence-electron chi connectivity index (χ2n) is 10.3. The molecule has 0 saturated carbocycles. The predicted molar refractivity (Wildman–Crippen MR) is 126 cm³/mol. The third-order valence-electron chi connectivity index (χ3n) is 8.59. The van der Waals surface area contributed by atoms with Gasteiger partial charge < -0.3 is 25.0 Å². The fraction of sp³-hybridized carbons (Fsp3) is 0.538. The minimum atomic E-state index is -1.13. The Bertz CT molecular complexity index is 1170. The summed E-state index contributed by atoms with van der Waals surface area (Å²) in [5.74, 6) is -0.0530. The molecule has 3 atom stereocenters. The van der Waals surface area contributed by atoms with E-state index in [4.69, 9.17) is 0 Å². The zero-order valence-corrected chi connectivity index (χ0v) is 19.6. The van der Waals surface area contributed by atoms with Gasteiger partial charge in [-0.05, 0) is 81.6 Å². The number of nitrogens with one attached hydrogen (secondary N) is 1. The van der Waals surface area contributed by atoms with Crippen LogP contribution in [0.1, 0.15) is 58.9 Å². The number of aliphatic hydroxyl groups is 1. The zero-order chi connectivity index (χ0) is 23.5. The third kappa shape index (κ3) is 3.24. The fourth-order valence-electron chi connectivity index (χ4n) is 6.46. The van der Waals surface area contributed by atoms with Gasteiger partial charge in [0.1, 0.15) is 11.3 Å². The molecule has 3 heterocycles. The van der Waals surface area contributed by atoms with Gasteiger partial charge in [-0.15, -0.1) is 0 Å². The van der Waals surface area contributed by atoms with E-state index in [1.54, 1.807) is 23.1 Å². The van der Waals surface area contributed by atoms with Crippen LogP contribution in [0.25, 0.3) is 0 Å². The maximum Gasteiger partial charge on any atom is 0.261 e. The lowest BCUT2D eigenvalue weighted by Crippen LogP contribution is -2.70. The van der Waals surface area contributed by atoms with Gasteiger partial charge in [0.2, 0.25) is 0 Å². The van der Waals surface area contributed by atoms with E-state index >= 15 is 0 Å². The summed E-state index contributed by atoms with van der Waals surface area (Å²) in [6, 6.07) is 6.90. The summed E-state index contributed by atoms with van der Waals surface area (Å²) in [5, 5.41) is 22.7. The topological polar surface area (TPSA) is 96.9 Å². The number of H-pyrrole nitrogens is 1. The average Bonchev–Trinajstić information content (AvgIpc) is 3.32. The number of likely N-dealkylation sites (N-methyl/N-ethyl adjacent to an activating group) is 1. The number of aromatic hydroxyl groups is 1. The number of aromatic nitrogens is 1. The van der Waals surface area contributed by atoms with Crippen LogP contribution in [0.4, 0.5) is 0 Å². The van der Waals surface area contributed by atoms with Gasteiger partial charge in [-0.3, -0.25) is 9.59 Å². The van der Waals surface area contributed by atoms with E-state index in [1.807, 2.05) is 27.0 Å². The molecule has 33 heavy (non-hydrogen) atoms. The zero-order valence-electron chi connectivity index (χ0n) is 19.6. The van der Waals surface area contributed by atoms with Crippen molar-refractivity contribution in [3.8, 4) is 5.75 Å². The van der Waals surface area contributed by atoms with Gasteiger partial charge in [0.25, 0.3) is 11.5 Å². The van der Waals surface area contributed by atoms with E-state index in [0.717, 1.165) is 41.8 Å². The third-order valence-corrected chi connectivity index (χ3v) is 8.59. The number of phenols is 1. The van der Waals surface area contributed by atoms with Gasteiger partial charge in [0, 0.05) is 43.1 Å². The Morgan fingerprint density at radius 2 is 1.88 bits per heavy atom. The van der Waals surface area contributed by atoms with Crippen LogP contribution < -0.4 is 5.56 Å².